The van der Waals surface area contributed by atoms with Crippen molar-refractivity contribution in [3.05, 3.63) is 11.8 Å². The Bertz CT molecular complexity index is 509. The van der Waals surface area contributed by atoms with Gasteiger partial charge in [-0.25, -0.2) is 4.98 Å². The molecule has 2 atom stereocenters. The number of nitrogen functional groups attached to an aromatic ring is 1. The largest absolute Gasteiger partial charge is 0.369 e. The number of nitrogens with zero attached hydrogens (tertiary/aromatic N) is 3. The van der Waals surface area contributed by atoms with Crippen LogP contribution < -0.4 is 16.8 Å². The summed E-state index contributed by atoms with van der Waals surface area (Å²) in [6.07, 6.45) is 3.87. The molecule has 18 heavy (non-hydrogen) atoms. The second kappa shape index (κ2) is 4.87. The van der Waals surface area contributed by atoms with Gasteiger partial charge in [0.1, 0.15) is 17.5 Å². The highest BCUT2D eigenvalue weighted by atomic mass is 16.1. The number of carbonyl (C=O) groups is 1. The number of nitrogens with two attached hydrogens (primary N) is 2. The maximum atomic E-state index is 11.3. The molecule has 1 aromatic rings. The van der Waals surface area contributed by atoms with Gasteiger partial charge in [-0.3, -0.25) is 4.79 Å². The van der Waals surface area contributed by atoms with Crippen molar-refractivity contribution in [2.75, 3.05) is 11.1 Å². The van der Waals surface area contributed by atoms with E-state index in [0.717, 1.165) is 19.3 Å². The van der Waals surface area contributed by atoms with Crippen LogP contribution in [0.5, 0.6) is 0 Å². The van der Waals surface area contributed by atoms with E-state index in [1.54, 1.807) is 0 Å². The zero-order valence-corrected chi connectivity index (χ0v) is 9.76. The van der Waals surface area contributed by atoms with Crippen LogP contribution in [0.4, 0.5) is 11.8 Å². The molecule has 5 N–H and O–H groups in total. The number of hydrogen-bond acceptors (Lipinski definition) is 6. The number of rotatable bonds is 3. The fraction of sp³-hybridized carbons (Fsp3) is 0.455. The first kappa shape index (κ1) is 12.1. The molecule has 7 nitrogen and oxygen atoms in total. The van der Waals surface area contributed by atoms with Crippen molar-refractivity contribution < 1.29 is 4.79 Å². The van der Waals surface area contributed by atoms with Crippen molar-refractivity contribution in [1.29, 1.82) is 5.26 Å². The second-order valence-electron chi connectivity index (χ2n) is 4.29. The molecule has 94 valence electrons. The van der Waals surface area contributed by atoms with E-state index >= 15 is 0 Å². The molecule has 0 radical (unpaired) electrons. The maximum absolute atomic E-state index is 11.3. The number of aromatic nitrogens is 2. The van der Waals surface area contributed by atoms with Crippen LogP contribution in [0.3, 0.4) is 0 Å². The highest BCUT2D eigenvalue weighted by Crippen LogP contribution is 2.28. The first-order chi connectivity index (χ1) is 8.61. The summed E-state index contributed by atoms with van der Waals surface area (Å²) in [6, 6.07) is 1.89. The molecule has 1 fully saturated rings. The van der Waals surface area contributed by atoms with Crippen LogP contribution in [0.1, 0.15) is 24.8 Å². The van der Waals surface area contributed by atoms with Gasteiger partial charge in [0.25, 0.3) is 0 Å². The third kappa shape index (κ3) is 2.32. The standard InChI is InChI=1S/C11H14N6O/c12-4-6-5-15-11(14)17-10(6)16-8-3-1-2-7(8)9(13)18/h5,7-8H,1-3H2,(H2,13,18)(H3,14,15,16,17)/t7-,8+/m0/s1. The zero-order valence-electron chi connectivity index (χ0n) is 9.76. The van der Waals surface area contributed by atoms with Crippen LogP contribution in [0, 0.1) is 17.2 Å². The van der Waals surface area contributed by atoms with E-state index in [4.69, 9.17) is 16.7 Å². The lowest BCUT2D eigenvalue weighted by Crippen LogP contribution is -2.34. The van der Waals surface area contributed by atoms with E-state index in [1.165, 1.54) is 6.20 Å². The first-order valence-electron chi connectivity index (χ1n) is 5.70. The number of nitriles is 1. The van der Waals surface area contributed by atoms with Gasteiger partial charge in [0, 0.05) is 6.04 Å². The van der Waals surface area contributed by atoms with E-state index in [9.17, 15) is 4.79 Å². The van der Waals surface area contributed by atoms with Gasteiger partial charge >= 0.3 is 0 Å². The van der Waals surface area contributed by atoms with Crippen molar-refractivity contribution in [2.24, 2.45) is 11.7 Å². The molecule has 0 spiro atoms. The summed E-state index contributed by atoms with van der Waals surface area (Å²) in [6.45, 7) is 0. The van der Waals surface area contributed by atoms with Crippen LogP contribution in [0.25, 0.3) is 0 Å². The molecule has 1 saturated carbocycles. The number of primary amides is 1. The van der Waals surface area contributed by atoms with Gasteiger partial charge in [0.15, 0.2) is 0 Å². The first-order valence-corrected chi connectivity index (χ1v) is 5.70. The van der Waals surface area contributed by atoms with E-state index in [2.05, 4.69) is 15.3 Å². The van der Waals surface area contributed by atoms with Crippen LogP contribution in [0.15, 0.2) is 6.20 Å². The number of amides is 1. The minimum absolute atomic E-state index is 0.0881. The van der Waals surface area contributed by atoms with E-state index < -0.39 is 0 Å². The minimum atomic E-state index is -0.328. The Balaban J connectivity index is 2.21. The average Bonchev–Trinajstić information content (AvgIpc) is 2.77. The molecule has 0 unspecified atom stereocenters. The molecule has 0 saturated heterocycles. The molecule has 1 aromatic heterocycles. The average molecular weight is 246 g/mol. The fourth-order valence-electron chi connectivity index (χ4n) is 2.24. The van der Waals surface area contributed by atoms with Crippen LogP contribution in [-0.2, 0) is 4.79 Å². The molecule has 7 heteroatoms. The summed E-state index contributed by atoms with van der Waals surface area (Å²) in [4.78, 5) is 19.0. The van der Waals surface area contributed by atoms with Crippen molar-refractivity contribution in [2.45, 2.75) is 25.3 Å². The van der Waals surface area contributed by atoms with Crippen molar-refractivity contribution >= 4 is 17.7 Å². The number of anilines is 2. The van der Waals surface area contributed by atoms with Gasteiger partial charge < -0.3 is 16.8 Å². The summed E-state index contributed by atoms with van der Waals surface area (Å²) in [5.74, 6) is -0.105. The molecule has 0 aliphatic heterocycles. The Morgan fingerprint density at radius 3 is 3.00 bits per heavy atom. The molecule has 1 aliphatic rings. The maximum Gasteiger partial charge on any atom is 0.222 e. The summed E-state index contributed by atoms with van der Waals surface area (Å²) in [5, 5.41) is 12.0. The Kier molecular flexibility index (Phi) is 3.28. The van der Waals surface area contributed by atoms with Gasteiger partial charge in [-0.2, -0.15) is 10.2 Å². The Morgan fingerprint density at radius 2 is 2.33 bits per heavy atom. The van der Waals surface area contributed by atoms with Gasteiger partial charge in [0.05, 0.1) is 12.1 Å². The molecule has 1 heterocycles. The minimum Gasteiger partial charge on any atom is -0.369 e. The lowest BCUT2D eigenvalue weighted by Gasteiger charge is -2.19. The summed E-state index contributed by atoms with van der Waals surface area (Å²) >= 11 is 0. The van der Waals surface area contributed by atoms with Crippen molar-refractivity contribution in [1.82, 2.24) is 9.97 Å². The molecule has 0 aromatic carbocycles. The molecule has 1 amide bonds. The fourth-order valence-corrected chi connectivity index (χ4v) is 2.24. The number of carbonyl (C=O) groups excluding carboxylic acids is 1. The van der Waals surface area contributed by atoms with Crippen LogP contribution in [-0.4, -0.2) is 21.9 Å². The topological polar surface area (TPSA) is 131 Å². The molecular weight excluding hydrogens is 232 g/mol. The Morgan fingerprint density at radius 1 is 1.56 bits per heavy atom. The van der Waals surface area contributed by atoms with E-state index in [1.807, 2.05) is 6.07 Å². The monoisotopic (exact) mass is 246 g/mol. The highest BCUT2D eigenvalue weighted by molar-refractivity contribution is 5.78. The lowest BCUT2D eigenvalue weighted by atomic mass is 10.0. The number of nitrogens with one attached hydrogen (secondary N) is 1. The smallest absolute Gasteiger partial charge is 0.222 e. The number of hydrogen-bond donors (Lipinski definition) is 3. The van der Waals surface area contributed by atoms with Gasteiger partial charge in [-0.05, 0) is 12.8 Å². The third-order valence-corrected chi connectivity index (χ3v) is 3.13. The summed E-state index contributed by atoms with van der Waals surface area (Å²) < 4.78 is 0. The van der Waals surface area contributed by atoms with E-state index in [0.29, 0.717) is 11.4 Å². The van der Waals surface area contributed by atoms with Gasteiger partial charge in [-0.15, -0.1) is 0 Å². The predicted molar refractivity (Wildman–Crippen MR) is 65.1 cm³/mol. The Labute approximate surface area is 104 Å². The normalized spacial score (nSPS) is 22.4. The SMILES string of the molecule is N#Cc1cnc(N)nc1N[C@@H]1CCC[C@@H]1C(N)=O. The van der Waals surface area contributed by atoms with Crippen LogP contribution in [0.2, 0.25) is 0 Å². The molecular formula is C11H14N6O. The van der Waals surface area contributed by atoms with Crippen molar-refractivity contribution in [3.8, 4) is 6.07 Å². The van der Waals surface area contributed by atoms with Gasteiger partial charge in [-0.1, -0.05) is 6.42 Å². The zero-order chi connectivity index (χ0) is 13.1. The van der Waals surface area contributed by atoms with E-state index in [-0.39, 0.29) is 23.8 Å². The second-order valence-corrected chi connectivity index (χ2v) is 4.29. The molecule has 2 rings (SSSR count). The van der Waals surface area contributed by atoms with Crippen LogP contribution >= 0.6 is 0 Å². The van der Waals surface area contributed by atoms with Crippen molar-refractivity contribution in [3.63, 3.8) is 0 Å². The highest BCUT2D eigenvalue weighted by Gasteiger charge is 2.32. The Hall–Kier alpha value is -2.36. The quantitative estimate of drug-likeness (QED) is 0.687. The van der Waals surface area contributed by atoms with Gasteiger partial charge in [0.2, 0.25) is 11.9 Å². The summed E-state index contributed by atoms with van der Waals surface area (Å²) in [5.41, 5.74) is 11.1. The predicted octanol–water partition coefficient (Wildman–Crippen LogP) is -0.00362. The lowest BCUT2D eigenvalue weighted by molar-refractivity contribution is -0.121. The summed E-state index contributed by atoms with van der Waals surface area (Å²) in [7, 11) is 0. The molecule has 1 aliphatic carbocycles. The third-order valence-electron chi connectivity index (χ3n) is 3.13. The molecule has 0 bridgehead atoms.